The molecule has 0 fully saturated rings. The van der Waals surface area contributed by atoms with Gasteiger partial charge in [0.15, 0.2) is 0 Å². The van der Waals surface area contributed by atoms with E-state index < -0.39 is 0 Å². The van der Waals surface area contributed by atoms with Crippen LogP contribution in [0.1, 0.15) is 56.7 Å². The van der Waals surface area contributed by atoms with Crippen LogP contribution >= 0.6 is 0 Å². The second kappa shape index (κ2) is 9.88. The Balaban J connectivity index is 1.85. The van der Waals surface area contributed by atoms with E-state index in [1.54, 1.807) is 6.92 Å². The van der Waals surface area contributed by atoms with Gasteiger partial charge >= 0.3 is 0 Å². The van der Waals surface area contributed by atoms with E-state index >= 15 is 0 Å². The Bertz CT molecular complexity index is 765. The van der Waals surface area contributed by atoms with Crippen molar-refractivity contribution in [1.29, 1.82) is 0 Å². The summed E-state index contributed by atoms with van der Waals surface area (Å²) in [5.74, 6) is 0.109. The number of fused-ring (bicyclic) bond motifs is 1. The number of rotatable bonds is 8. The average Bonchev–Trinajstić information content (AvgIpc) is 2.71. The SMILES string of the molecule is CCCN(CCC)C1CCc2c(cccc2N(Cc2ccccc2)C(C)=O)C1. The molecule has 0 saturated heterocycles. The summed E-state index contributed by atoms with van der Waals surface area (Å²) in [6, 6.07) is 17.4. The lowest BCUT2D eigenvalue weighted by Gasteiger charge is -2.36. The van der Waals surface area contributed by atoms with Gasteiger partial charge in [-0.3, -0.25) is 4.79 Å². The molecule has 3 nitrogen and oxygen atoms in total. The second-order valence-electron chi connectivity index (χ2n) is 7.94. The summed E-state index contributed by atoms with van der Waals surface area (Å²) in [7, 11) is 0. The zero-order valence-corrected chi connectivity index (χ0v) is 17.7. The summed E-state index contributed by atoms with van der Waals surface area (Å²) < 4.78 is 0. The first-order valence-electron chi connectivity index (χ1n) is 10.8. The van der Waals surface area contributed by atoms with Crippen LogP contribution in [0.5, 0.6) is 0 Å². The molecule has 0 bridgehead atoms. The molecule has 0 spiro atoms. The van der Waals surface area contributed by atoms with Crippen LogP contribution in [0.2, 0.25) is 0 Å². The van der Waals surface area contributed by atoms with E-state index in [1.807, 2.05) is 23.1 Å². The number of nitrogens with zero attached hydrogens (tertiary/aromatic N) is 2. The minimum atomic E-state index is 0.109. The van der Waals surface area contributed by atoms with Crippen molar-refractivity contribution in [2.75, 3.05) is 18.0 Å². The fourth-order valence-electron chi connectivity index (χ4n) is 4.52. The third kappa shape index (κ3) is 4.82. The van der Waals surface area contributed by atoms with Gasteiger partial charge in [-0.15, -0.1) is 0 Å². The lowest BCUT2D eigenvalue weighted by molar-refractivity contribution is -0.116. The fraction of sp³-hybridized carbons (Fsp3) is 0.480. The highest BCUT2D eigenvalue weighted by Crippen LogP contribution is 2.33. The molecule has 0 saturated carbocycles. The first kappa shape index (κ1) is 20.6. The smallest absolute Gasteiger partial charge is 0.224 e. The maximum absolute atomic E-state index is 12.5. The van der Waals surface area contributed by atoms with Gasteiger partial charge in [-0.1, -0.05) is 56.3 Å². The van der Waals surface area contributed by atoms with Gasteiger partial charge in [-0.2, -0.15) is 0 Å². The Hall–Kier alpha value is -2.13. The number of carbonyl (C=O) groups is 1. The van der Waals surface area contributed by atoms with Crippen LogP contribution in [-0.2, 0) is 24.2 Å². The minimum absolute atomic E-state index is 0.109. The average molecular weight is 379 g/mol. The van der Waals surface area contributed by atoms with Crippen molar-refractivity contribution in [3.8, 4) is 0 Å². The van der Waals surface area contributed by atoms with Crippen LogP contribution in [0.4, 0.5) is 5.69 Å². The lowest BCUT2D eigenvalue weighted by Crippen LogP contribution is -2.40. The molecule has 150 valence electrons. The summed E-state index contributed by atoms with van der Waals surface area (Å²) in [5.41, 5.74) is 5.06. The number of hydrogen-bond donors (Lipinski definition) is 0. The molecule has 0 aliphatic heterocycles. The number of amides is 1. The second-order valence-corrected chi connectivity index (χ2v) is 7.94. The summed E-state index contributed by atoms with van der Waals surface area (Å²) >= 11 is 0. The molecule has 0 radical (unpaired) electrons. The zero-order chi connectivity index (χ0) is 19.9. The predicted molar refractivity (Wildman–Crippen MR) is 118 cm³/mol. The van der Waals surface area contributed by atoms with Crippen molar-refractivity contribution in [1.82, 2.24) is 4.90 Å². The van der Waals surface area contributed by atoms with E-state index in [4.69, 9.17) is 0 Å². The lowest BCUT2D eigenvalue weighted by atomic mass is 9.85. The molecule has 2 aromatic rings. The Labute approximate surface area is 170 Å². The van der Waals surface area contributed by atoms with Crippen molar-refractivity contribution < 1.29 is 4.79 Å². The molecular weight excluding hydrogens is 344 g/mol. The van der Waals surface area contributed by atoms with Gasteiger partial charge in [0.1, 0.15) is 0 Å². The van der Waals surface area contributed by atoms with E-state index in [0.29, 0.717) is 12.6 Å². The summed E-state index contributed by atoms with van der Waals surface area (Å²) in [4.78, 5) is 17.1. The van der Waals surface area contributed by atoms with Crippen LogP contribution in [0, 0.1) is 0 Å². The van der Waals surface area contributed by atoms with Gasteiger partial charge in [0.25, 0.3) is 0 Å². The third-order valence-electron chi connectivity index (χ3n) is 5.82. The van der Waals surface area contributed by atoms with Crippen molar-refractivity contribution in [3.63, 3.8) is 0 Å². The van der Waals surface area contributed by atoms with Crippen molar-refractivity contribution in [2.45, 2.75) is 65.5 Å². The third-order valence-corrected chi connectivity index (χ3v) is 5.82. The monoisotopic (exact) mass is 378 g/mol. The van der Waals surface area contributed by atoms with Gasteiger partial charge in [-0.25, -0.2) is 0 Å². The summed E-state index contributed by atoms with van der Waals surface area (Å²) in [5, 5.41) is 0. The van der Waals surface area contributed by atoms with Crippen LogP contribution in [-0.4, -0.2) is 29.9 Å². The van der Waals surface area contributed by atoms with Crippen molar-refractivity contribution in [3.05, 3.63) is 65.2 Å². The first-order valence-corrected chi connectivity index (χ1v) is 10.8. The van der Waals surface area contributed by atoms with Gasteiger partial charge in [-0.05, 0) is 68.0 Å². The molecule has 0 heterocycles. The molecule has 28 heavy (non-hydrogen) atoms. The maximum atomic E-state index is 12.5. The van der Waals surface area contributed by atoms with Crippen molar-refractivity contribution in [2.24, 2.45) is 0 Å². The fourth-order valence-corrected chi connectivity index (χ4v) is 4.52. The van der Waals surface area contributed by atoms with Crippen molar-refractivity contribution >= 4 is 11.6 Å². The number of benzene rings is 2. The van der Waals surface area contributed by atoms with Crippen LogP contribution in [0.25, 0.3) is 0 Å². The highest BCUT2D eigenvalue weighted by molar-refractivity contribution is 5.92. The Morgan fingerprint density at radius 2 is 1.71 bits per heavy atom. The Kier molecular flexibility index (Phi) is 7.27. The molecule has 1 aliphatic carbocycles. The number of hydrogen-bond acceptors (Lipinski definition) is 2. The standard InChI is InChI=1S/C25H34N2O/c1-4-16-26(17-5-2)23-14-15-24-22(18-23)12-9-13-25(24)27(20(3)28)19-21-10-7-6-8-11-21/h6-13,23H,4-5,14-19H2,1-3H3. The molecule has 1 unspecified atom stereocenters. The van der Waals surface area contributed by atoms with Gasteiger partial charge < -0.3 is 9.80 Å². The molecule has 3 heteroatoms. The quantitative estimate of drug-likeness (QED) is 0.629. The van der Waals surface area contributed by atoms with Gasteiger partial charge in [0.05, 0.1) is 6.54 Å². The van der Waals surface area contributed by atoms with E-state index in [1.165, 1.54) is 49.0 Å². The van der Waals surface area contributed by atoms with E-state index in [0.717, 1.165) is 18.5 Å². The van der Waals surface area contributed by atoms with Crippen LogP contribution in [0.15, 0.2) is 48.5 Å². The highest BCUT2D eigenvalue weighted by atomic mass is 16.2. The predicted octanol–water partition coefficient (Wildman–Crippen LogP) is 5.22. The number of carbonyl (C=O) groups excluding carboxylic acids is 1. The van der Waals surface area contributed by atoms with E-state index in [-0.39, 0.29) is 5.91 Å². The molecule has 1 atom stereocenters. The van der Waals surface area contributed by atoms with Crippen LogP contribution < -0.4 is 4.90 Å². The molecule has 0 N–H and O–H groups in total. The highest BCUT2D eigenvalue weighted by Gasteiger charge is 2.27. The Morgan fingerprint density at radius 1 is 1.00 bits per heavy atom. The van der Waals surface area contributed by atoms with Gasteiger partial charge in [0, 0.05) is 18.7 Å². The Morgan fingerprint density at radius 3 is 2.36 bits per heavy atom. The topological polar surface area (TPSA) is 23.6 Å². The minimum Gasteiger partial charge on any atom is -0.308 e. The largest absolute Gasteiger partial charge is 0.308 e. The van der Waals surface area contributed by atoms with Gasteiger partial charge in [0.2, 0.25) is 5.91 Å². The van der Waals surface area contributed by atoms with E-state index in [9.17, 15) is 4.79 Å². The molecule has 2 aromatic carbocycles. The molecular formula is C25H34N2O. The molecule has 0 aromatic heterocycles. The van der Waals surface area contributed by atoms with Crippen LogP contribution in [0.3, 0.4) is 0 Å². The van der Waals surface area contributed by atoms with E-state index in [2.05, 4.69) is 49.1 Å². The normalized spacial score (nSPS) is 16.1. The summed E-state index contributed by atoms with van der Waals surface area (Å²) in [6.45, 7) is 9.21. The number of anilines is 1. The first-order chi connectivity index (χ1) is 13.6. The molecule has 1 aliphatic rings. The zero-order valence-electron chi connectivity index (χ0n) is 17.7. The summed E-state index contributed by atoms with van der Waals surface area (Å²) in [6.07, 6.45) is 5.75. The molecule has 1 amide bonds. The maximum Gasteiger partial charge on any atom is 0.224 e. The molecule has 3 rings (SSSR count).